The van der Waals surface area contributed by atoms with Crippen LogP contribution < -0.4 is 0 Å². The lowest BCUT2D eigenvalue weighted by Gasteiger charge is -2.06. The van der Waals surface area contributed by atoms with E-state index in [1.54, 1.807) is 41.2 Å². The number of nitrogens with zero attached hydrogens (tertiary/aromatic N) is 5. The van der Waals surface area contributed by atoms with Crippen molar-refractivity contribution in [3.63, 3.8) is 0 Å². The number of aromatic nitrogens is 6. The quantitative estimate of drug-likeness (QED) is 0.617. The summed E-state index contributed by atoms with van der Waals surface area (Å²) in [5, 5.41) is 5.97. The summed E-state index contributed by atoms with van der Waals surface area (Å²) in [5.41, 5.74) is 1.80. The average molecular weight is 344 g/mol. The minimum atomic E-state index is -2.75. The molecule has 3 heterocycles. The number of rotatable bonds is 4. The van der Waals surface area contributed by atoms with E-state index in [9.17, 15) is 13.2 Å². The van der Waals surface area contributed by atoms with Gasteiger partial charge in [0.2, 0.25) is 5.82 Å². The van der Waals surface area contributed by atoms with E-state index < -0.39 is 12.2 Å². The van der Waals surface area contributed by atoms with Crippen molar-refractivity contribution >= 4 is 5.65 Å². The van der Waals surface area contributed by atoms with Gasteiger partial charge in [-0.25, -0.2) is 28.1 Å². The van der Waals surface area contributed by atoms with Crippen LogP contribution in [-0.4, -0.2) is 29.5 Å². The summed E-state index contributed by atoms with van der Waals surface area (Å²) in [6, 6.07) is 6.36. The molecule has 6 nitrogen and oxygen atoms in total. The van der Waals surface area contributed by atoms with E-state index in [0.29, 0.717) is 22.6 Å². The Kier molecular flexibility index (Phi) is 3.68. The highest BCUT2D eigenvalue weighted by Gasteiger charge is 2.17. The van der Waals surface area contributed by atoms with Crippen LogP contribution in [0.1, 0.15) is 23.5 Å². The van der Waals surface area contributed by atoms with E-state index in [1.807, 2.05) is 0 Å². The monoisotopic (exact) mass is 344 g/mol. The Labute approximate surface area is 139 Å². The maximum Gasteiger partial charge on any atom is 0.296 e. The normalized spacial score (nSPS) is 11.5. The van der Waals surface area contributed by atoms with Crippen molar-refractivity contribution in [3.8, 4) is 11.5 Å². The molecular weight excluding hydrogens is 333 g/mol. The molecule has 0 saturated heterocycles. The van der Waals surface area contributed by atoms with Gasteiger partial charge in [0, 0.05) is 25.0 Å². The van der Waals surface area contributed by atoms with Gasteiger partial charge in [0.25, 0.3) is 6.43 Å². The van der Waals surface area contributed by atoms with Crippen LogP contribution in [-0.2, 0) is 6.42 Å². The summed E-state index contributed by atoms with van der Waals surface area (Å²) in [6.45, 7) is 0. The van der Waals surface area contributed by atoms with Crippen LogP contribution in [0.15, 0.2) is 42.9 Å². The number of imidazole rings is 1. The maximum absolute atomic E-state index is 13.9. The predicted octanol–water partition coefficient (Wildman–Crippen LogP) is 3.18. The van der Waals surface area contributed by atoms with Crippen molar-refractivity contribution in [1.29, 1.82) is 0 Å². The van der Waals surface area contributed by atoms with Crippen LogP contribution >= 0.6 is 0 Å². The summed E-state index contributed by atoms with van der Waals surface area (Å²) >= 11 is 0. The first-order valence-electron chi connectivity index (χ1n) is 7.38. The third kappa shape index (κ3) is 2.84. The number of nitrogens with one attached hydrogen (secondary N) is 1. The van der Waals surface area contributed by atoms with Crippen LogP contribution in [0, 0.1) is 5.82 Å². The van der Waals surface area contributed by atoms with E-state index in [1.165, 1.54) is 6.07 Å². The molecule has 0 fully saturated rings. The largest absolute Gasteiger partial charge is 0.303 e. The molecule has 4 aromatic rings. The molecule has 0 aliphatic heterocycles. The van der Waals surface area contributed by atoms with Crippen molar-refractivity contribution in [1.82, 2.24) is 29.5 Å². The molecule has 0 saturated carbocycles. The lowest BCUT2D eigenvalue weighted by molar-refractivity contribution is 0.141. The first kappa shape index (κ1) is 15.3. The van der Waals surface area contributed by atoms with Gasteiger partial charge in [0.15, 0.2) is 11.5 Å². The van der Waals surface area contributed by atoms with Crippen LogP contribution in [0.4, 0.5) is 13.2 Å². The summed E-state index contributed by atoms with van der Waals surface area (Å²) < 4.78 is 41.0. The SMILES string of the molecule is Fc1ccccc1Cc1nc(-c2n[nH]c(C(F)F)n2)cn2ccnc12. The average Bonchev–Trinajstić information content (AvgIpc) is 3.25. The molecule has 0 spiro atoms. The van der Waals surface area contributed by atoms with Gasteiger partial charge in [-0.2, -0.15) is 5.10 Å². The first-order valence-corrected chi connectivity index (χ1v) is 7.38. The number of hydrogen-bond acceptors (Lipinski definition) is 4. The Morgan fingerprint density at radius 1 is 1.16 bits per heavy atom. The molecule has 126 valence electrons. The fraction of sp³-hybridized carbons (Fsp3) is 0.125. The number of aromatic amines is 1. The molecule has 0 aliphatic rings. The number of alkyl halides is 2. The van der Waals surface area contributed by atoms with Crippen LogP contribution in [0.25, 0.3) is 17.2 Å². The fourth-order valence-corrected chi connectivity index (χ4v) is 2.53. The van der Waals surface area contributed by atoms with Crippen LogP contribution in [0.3, 0.4) is 0 Å². The van der Waals surface area contributed by atoms with Crippen molar-refractivity contribution in [2.24, 2.45) is 0 Å². The summed E-state index contributed by atoms with van der Waals surface area (Å²) in [6.07, 6.45) is 2.30. The molecule has 1 aromatic carbocycles. The predicted molar refractivity (Wildman–Crippen MR) is 82.5 cm³/mol. The highest BCUT2D eigenvalue weighted by Crippen LogP contribution is 2.21. The van der Waals surface area contributed by atoms with Crippen molar-refractivity contribution < 1.29 is 13.2 Å². The third-order valence-electron chi connectivity index (χ3n) is 3.70. The molecule has 3 aromatic heterocycles. The zero-order valence-electron chi connectivity index (χ0n) is 12.7. The highest BCUT2D eigenvalue weighted by molar-refractivity contribution is 5.55. The number of hydrogen-bond donors (Lipinski definition) is 1. The lowest BCUT2D eigenvalue weighted by atomic mass is 10.1. The second-order valence-electron chi connectivity index (χ2n) is 5.34. The van der Waals surface area contributed by atoms with Crippen LogP contribution in [0.5, 0.6) is 0 Å². The molecule has 0 aliphatic carbocycles. The van der Waals surface area contributed by atoms with Crippen molar-refractivity contribution in [3.05, 3.63) is 65.8 Å². The molecule has 25 heavy (non-hydrogen) atoms. The lowest BCUT2D eigenvalue weighted by Crippen LogP contribution is -2.02. The van der Waals surface area contributed by atoms with Gasteiger partial charge in [-0.15, -0.1) is 0 Å². The standard InChI is InChI=1S/C16H11F3N6/c17-10-4-2-1-3-9(10)7-11-16-20-5-6-25(16)8-12(21-11)14-22-15(13(18)19)24-23-14/h1-6,8,13H,7H2,(H,22,23,24). The number of H-pyrrole nitrogens is 1. The highest BCUT2D eigenvalue weighted by atomic mass is 19.3. The molecule has 0 amide bonds. The van der Waals surface area contributed by atoms with E-state index in [4.69, 9.17) is 0 Å². The van der Waals surface area contributed by atoms with Gasteiger partial charge in [-0.3, -0.25) is 5.10 Å². The minimum absolute atomic E-state index is 0.0423. The smallest absolute Gasteiger partial charge is 0.296 e. The van der Waals surface area contributed by atoms with Crippen molar-refractivity contribution in [2.45, 2.75) is 12.8 Å². The van der Waals surface area contributed by atoms with Gasteiger partial charge < -0.3 is 4.40 Å². The van der Waals surface area contributed by atoms with E-state index in [2.05, 4.69) is 25.1 Å². The van der Waals surface area contributed by atoms with Crippen LogP contribution in [0.2, 0.25) is 0 Å². The number of fused-ring (bicyclic) bond motifs is 1. The third-order valence-corrected chi connectivity index (χ3v) is 3.70. The topological polar surface area (TPSA) is 71.8 Å². The Morgan fingerprint density at radius 3 is 2.76 bits per heavy atom. The van der Waals surface area contributed by atoms with E-state index >= 15 is 0 Å². The molecular formula is C16H11F3N6. The molecule has 0 radical (unpaired) electrons. The van der Waals surface area contributed by atoms with Crippen molar-refractivity contribution in [2.75, 3.05) is 0 Å². The summed E-state index contributed by atoms with van der Waals surface area (Å²) in [7, 11) is 0. The molecule has 0 atom stereocenters. The molecule has 0 bridgehead atoms. The molecule has 4 rings (SSSR count). The van der Waals surface area contributed by atoms with Gasteiger partial charge >= 0.3 is 0 Å². The minimum Gasteiger partial charge on any atom is -0.303 e. The zero-order valence-corrected chi connectivity index (χ0v) is 12.7. The molecule has 0 unspecified atom stereocenters. The Bertz CT molecular complexity index is 1040. The van der Waals surface area contributed by atoms with E-state index in [0.717, 1.165) is 0 Å². The number of benzene rings is 1. The fourth-order valence-electron chi connectivity index (χ4n) is 2.53. The second-order valence-corrected chi connectivity index (χ2v) is 5.34. The van der Waals surface area contributed by atoms with Gasteiger partial charge in [-0.05, 0) is 11.6 Å². The van der Waals surface area contributed by atoms with E-state index in [-0.39, 0.29) is 18.1 Å². The first-order chi connectivity index (χ1) is 12.1. The van der Waals surface area contributed by atoms with Gasteiger partial charge in [-0.1, -0.05) is 18.2 Å². The zero-order chi connectivity index (χ0) is 17.4. The molecule has 9 heteroatoms. The number of halogens is 3. The Balaban J connectivity index is 1.80. The Hall–Kier alpha value is -3.23. The van der Waals surface area contributed by atoms with Gasteiger partial charge in [0.05, 0.1) is 5.69 Å². The second kappa shape index (κ2) is 6.00. The Morgan fingerprint density at radius 2 is 2.00 bits per heavy atom. The summed E-state index contributed by atoms with van der Waals surface area (Å²) in [5.74, 6) is -0.837. The maximum atomic E-state index is 13.9. The molecule has 1 N–H and O–H groups in total. The van der Waals surface area contributed by atoms with Gasteiger partial charge in [0.1, 0.15) is 11.5 Å². The summed E-state index contributed by atoms with van der Waals surface area (Å²) in [4.78, 5) is 12.4.